The highest BCUT2D eigenvalue weighted by Crippen LogP contribution is 2.38. The summed E-state index contributed by atoms with van der Waals surface area (Å²) in [5, 5.41) is 20.4. The summed E-state index contributed by atoms with van der Waals surface area (Å²) >= 11 is 0. The summed E-state index contributed by atoms with van der Waals surface area (Å²) in [7, 11) is 0. The normalized spacial score (nSPS) is 28.0. The molecule has 1 rings (SSSR count). The second-order valence-electron chi connectivity index (χ2n) is 4.67. The number of aliphatic hydroxyl groups is 1. The number of nitrogens with one attached hydrogen (secondary N) is 1. The number of hydrogen-bond acceptors (Lipinski definition) is 3. The van der Waals surface area contributed by atoms with Crippen molar-refractivity contribution in [2.24, 2.45) is 17.8 Å². The first kappa shape index (κ1) is 14.0. The molecule has 1 fully saturated rings. The van der Waals surface area contributed by atoms with Crippen molar-refractivity contribution in [1.82, 2.24) is 5.32 Å². The molecule has 0 aromatic rings. The van der Waals surface area contributed by atoms with Crippen LogP contribution in [0.15, 0.2) is 0 Å². The summed E-state index contributed by atoms with van der Waals surface area (Å²) in [6.07, 6.45) is 2.69. The smallest absolute Gasteiger partial charge is 0.307 e. The molecule has 3 atom stereocenters. The Labute approximate surface area is 101 Å². The minimum atomic E-state index is -0.872. The number of aliphatic carboxylic acids is 1. The fourth-order valence-electron chi connectivity index (χ4n) is 2.46. The van der Waals surface area contributed by atoms with Gasteiger partial charge in [-0.3, -0.25) is 9.59 Å². The maximum absolute atomic E-state index is 11.8. The molecule has 0 bridgehead atoms. The van der Waals surface area contributed by atoms with E-state index >= 15 is 0 Å². The quantitative estimate of drug-likeness (QED) is 0.597. The molecule has 1 aliphatic carbocycles. The SMILES string of the molecule is CCC1CC(C(=O)O)C(C(=O)NCCCO)C1. The molecule has 0 spiro atoms. The fourth-order valence-corrected chi connectivity index (χ4v) is 2.46. The van der Waals surface area contributed by atoms with Crippen molar-refractivity contribution in [3.8, 4) is 0 Å². The van der Waals surface area contributed by atoms with Crippen LogP contribution in [0.2, 0.25) is 0 Å². The number of carbonyl (C=O) groups excluding carboxylic acids is 1. The van der Waals surface area contributed by atoms with E-state index in [9.17, 15) is 9.59 Å². The molecule has 3 N–H and O–H groups in total. The summed E-state index contributed by atoms with van der Waals surface area (Å²) in [4.78, 5) is 22.9. The number of rotatable bonds is 6. The van der Waals surface area contributed by atoms with E-state index in [1.807, 2.05) is 6.92 Å². The van der Waals surface area contributed by atoms with Crippen LogP contribution in [-0.4, -0.2) is 35.2 Å². The predicted octanol–water partition coefficient (Wildman–Crippen LogP) is 0.622. The number of amides is 1. The van der Waals surface area contributed by atoms with Crippen molar-refractivity contribution in [3.63, 3.8) is 0 Å². The van der Waals surface area contributed by atoms with Gasteiger partial charge in [-0.25, -0.2) is 0 Å². The minimum Gasteiger partial charge on any atom is -0.481 e. The summed E-state index contributed by atoms with van der Waals surface area (Å²) in [5.74, 6) is -1.67. The number of aliphatic hydroxyl groups excluding tert-OH is 1. The second-order valence-corrected chi connectivity index (χ2v) is 4.67. The van der Waals surface area contributed by atoms with Gasteiger partial charge < -0.3 is 15.5 Å². The zero-order valence-corrected chi connectivity index (χ0v) is 10.2. The number of carboxylic acid groups (broad SMARTS) is 1. The van der Waals surface area contributed by atoms with Crippen molar-refractivity contribution in [3.05, 3.63) is 0 Å². The van der Waals surface area contributed by atoms with E-state index in [1.165, 1.54) is 0 Å². The summed E-state index contributed by atoms with van der Waals surface area (Å²) in [6.45, 7) is 2.47. The third-order valence-electron chi connectivity index (χ3n) is 3.53. The average Bonchev–Trinajstić information content (AvgIpc) is 2.73. The van der Waals surface area contributed by atoms with Gasteiger partial charge in [0.05, 0.1) is 11.8 Å². The fraction of sp³-hybridized carbons (Fsp3) is 0.833. The van der Waals surface area contributed by atoms with Crippen LogP contribution in [0.1, 0.15) is 32.6 Å². The highest BCUT2D eigenvalue weighted by molar-refractivity contribution is 5.85. The Morgan fingerprint density at radius 2 is 1.94 bits per heavy atom. The lowest BCUT2D eigenvalue weighted by Crippen LogP contribution is -2.36. The molecular formula is C12H21NO4. The van der Waals surface area contributed by atoms with Crippen LogP contribution in [0, 0.1) is 17.8 Å². The molecule has 0 aromatic carbocycles. The molecule has 1 aliphatic rings. The highest BCUT2D eigenvalue weighted by Gasteiger charge is 2.41. The van der Waals surface area contributed by atoms with Gasteiger partial charge in [0.1, 0.15) is 0 Å². The van der Waals surface area contributed by atoms with Gasteiger partial charge in [0, 0.05) is 13.2 Å². The van der Waals surface area contributed by atoms with Crippen molar-refractivity contribution in [1.29, 1.82) is 0 Å². The average molecular weight is 243 g/mol. The molecule has 17 heavy (non-hydrogen) atoms. The Morgan fingerprint density at radius 1 is 1.29 bits per heavy atom. The lowest BCUT2D eigenvalue weighted by molar-refractivity contribution is -0.146. The first-order valence-electron chi connectivity index (χ1n) is 6.21. The zero-order chi connectivity index (χ0) is 12.8. The molecule has 0 aliphatic heterocycles. The number of hydrogen-bond donors (Lipinski definition) is 3. The van der Waals surface area contributed by atoms with Crippen LogP contribution in [0.4, 0.5) is 0 Å². The van der Waals surface area contributed by atoms with Gasteiger partial charge in [0.2, 0.25) is 5.91 Å². The molecule has 0 radical (unpaired) electrons. The van der Waals surface area contributed by atoms with E-state index in [4.69, 9.17) is 10.2 Å². The van der Waals surface area contributed by atoms with Gasteiger partial charge in [-0.05, 0) is 25.2 Å². The first-order valence-corrected chi connectivity index (χ1v) is 6.21. The Morgan fingerprint density at radius 3 is 2.47 bits per heavy atom. The molecule has 1 amide bonds. The lowest BCUT2D eigenvalue weighted by atomic mass is 9.95. The lowest BCUT2D eigenvalue weighted by Gasteiger charge is -2.15. The van der Waals surface area contributed by atoms with E-state index in [-0.39, 0.29) is 12.5 Å². The van der Waals surface area contributed by atoms with Crippen molar-refractivity contribution in [2.45, 2.75) is 32.6 Å². The van der Waals surface area contributed by atoms with Crippen LogP contribution >= 0.6 is 0 Å². The minimum absolute atomic E-state index is 0.0326. The van der Waals surface area contributed by atoms with Gasteiger partial charge in [-0.2, -0.15) is 0 Å². The largest absolute Gasteiger partial charge is 0.481 e. The highest BCUT2D eigenvalue weighted by atomic mass is 16.4. The number of carboxylic acids is 1. The summed E-state index contributed by atoms with van der Waals surface area (Å²) in [6, 6.07) is 0. The van der Waals surface area contributed by atoms with Gasteiger partial charge in [0.25, 0.3) is 0 Å². The monoisotopic (exact) mass is 243 g/mol. The molecule has 1 saturated carbocycles. The molecule has 0 saturated heterocycles. The van der Waals surface area contributed by atoms with Crippen molar-refractivity contribution < 1.29 is 19.8 Å². The third kappa shape index (κ3) is 3.70. The van der Waals surface area contributed by atoms with Crippen LogP contribution in [0.25, 0.3) is 0 Å². The Kier molecular flexibility index (Phi) is 5.41. The van der Waals surface area contributed by atoms with Crippen molar-refractivity contribution >= 4 is 11.9 Å². The predicted molar refractivity (Wildman–Crippen MR) is 62.3 cm³/mol. The Bertz CT molecular complexity index is 280. The maximum atomic E-state index is 11.8. The van der Waals surface area contributed by atoms with Crippen LogP contribution in [-0.2, 0) is 9.59 Å². The van der Waals surface area contributed by atoms with E-state index in [2.05, 4.69) is 5.32 Å². The van der Waals surface area contributed by atoms with Gasteiger partial charge >= 0.3 is 5.97 Å². The molecular weight excluding hydrogens is 222 g/mol. The Balaban J connectivity index is 2.54. The van der Waals surface area contributed by atoms with Crippen LogP contribution < -0.4 is 5.32 Å². The molecule has 0 aromatic heterocycles. The molecule has 5 heteroatoms. The molecule has 0 heterocycles. The third-order valence-corrected chi connectivity index (χ3v) is 3.53. The first-order chi connectivity index (χ1) is 8.10. The van der Waals surface area contributed by atoms with Crippen molar-refractivity contribution in [2.75, 3.05) is 13.2 Å². The topological polar surface area (TPSA) is 86.6 Å². The second kappa shape index (κ2) is 6.59. The van der Waals surface area contributed by atoms with Gasteiger partial charge in [0.15, 0.2) is 0 Å². The summed E-state index contributed by atoms with van der Waals surface area (Å²) in [5.41, 5.74) is 0. The van der Waals surface area contributed by atoms with Crippen LogP contribution in [0.3, 0.4) is 0 Å². The zero-order valence-electron chi connectivity index (χ0n) is 10.2. The van der Waals surface area contributed by atoms with Gasteiger partial charge in [-0.15, -0.1) is 0 Å². The van der Waals surface area contributed by atoms with E-state index in [0.29, 0.717) is 31.7 Å². The Hall–Kier alpha value is -1.10. The number of carbonyl (C=O) groups is 2. The van der Waals surface area contributed by atoms with E-state index in [1.54, 1.807) is 0 Å². The molecule has 5 nitrogen and oxygen atoms in total. The van der Waals surface area contributed by atoms with Gasteiger partial charge in [-0.1, -0.05) is 13.3 Å². The standard InChI is InChI=1S/C12H21NO4/c1-2-8-6-9(10(7-8)12(16)17)11(15)13-4-3-5-14/h8-10,14H,2-7H2,1H3,(H,13,15)(H,16,17). The maximum Gasteiger partial charge on any atom is 0.307 e. The van der Waals surface area contributed by atoms with Crippen LogP contribution in [0.5, 0.6) is 0 Å². The van der Waals surface area contributed by atoms with E-state index < -0.39 is 17.8 Å². The molecule has 3 unspecified atom stereocenters. The van der Waals surface area contributed by atoms with E-state index in [0.717, 1.165) is 6.42 Å². The molecule has 98 valence electrons. The summed E-state index contributed by atoms with van der Waals surface area (Å²) < 4.78 is 0.